The van der Waals surface area contributed by atoms with Gasteiger partial charge < -0.3 is 10.1 Å². The van der Waals surface area contributed by atoms with E-state index in [2.05, 4.69) is 10.1 Å². The lowest BCUT2D eigenvalue weighted by Crippen LogP contribution is -2.17. The number of halogens is 5. The van der Waals surface area contributed by atoms with Gasteiger partial charge in [-0.3, -0.25) is 4.79 Å². The Labute approximate surface area is 99.7 Å². The number of amides is 1. The number of carbonyl (C=O) groups excluding carboxylic acids is 1. The van der Waals surface area contributed by atoms with E-state index in [4.69, 9.17) is 0 Å². The maximum absolute atomic E-state index is 12.4. The number of carbonyl (C=O) groups is 1. The molecule has 0 saturated heterocycles. The smallest absolute Gasteiger partial charge is 0.310 e. The van der Waals surface area contributed by atoms with Crippen LogP contribution in [0.5, 0.6) is 0 Å². The average molecular weight is 291 g/mol. The molecule has 0 saturated carbocycles. The minimum absolute atomic E-state index is 0.0253. The number of ether oxygens (including phenoxy) is 1. The molecule has 0 heterocycles. The molecule has 1 N–H and O–H groups in total. The topological polar surface area (TPSA) is 38.3 Å². The van der Waals surface area contributed by atoms with E-state index in [1.165, 1.54) is 7.11 Å². The fraction of sp³-hybridized carbons (Fsp3) is 0.222. The first-order valence-electron chi connectivity index (χ1n) is 4.55. The number of hydrogen-bond acceptors (Lipinski definition) is 2. The van der Waals surface area contributed by atoms with E-state index in [0.717, 1.165) is 12.1 Å². The first kappa shape index (κ1) is 14.7. The van der Waals surface area contributed by atoms with Crippen molar-refractivity contribution in [2.24, 2.45) is 0 Å². The number of anilines is 1. The number of hydrogen-bond donors (Lipinski definition) is 1. The lowest BCUT2D eigenvalue weighted by Gasteiger charge is -2.40. The van der Waals surface area contributed by atoms with Crippen molar-refractivity contribution >= 4 is 21.8 Å². The van der Waals surface area contributed by atoms with Gasteiger partial charge in [0.25, 0.3) is 0 Å². The first-order chi connectivity index (χ1) is 7.92. The summed E-state index contributed by atoms with van der Waals surface area (Å²) in [7, 11) is -8.39. The van der Waals surface area contributed by atoms with E-state index < -0.39 is 21.0 Å². The molecule has 104 valence electrons. The molecule has 0 atom stereocenters. The standard InChI is InChI=1S/C9H10F5NO2S/c1-17-6-9(16)15-7-2-4-8(5-3-7)18(10,11,12,13)14/h2-5H,6H2,1H3,(H,15,16). The summed E-state index contributed by atoms with van der Waals surface area (Å²) in [5, 5.41) is 2.18. The Morgan fingerprint density at radius 3 is 2.06 bits per heavy atom. The van der Waals surface area contributed by atoms with Crippen LogP contribution in [-0.4, -0.2) is 19.6 Å². The monoisotopic (exact) mass is 291 g/mol. The zero-order valence-electron chi connectivity index (χ0n) is 9.13. The van der Waals surface area contributed by atoms with Gasteiger partial charge in [-0.15, -0.1) is 0 Å². The third-order valence-electron chi connectivity index (χ3n) is 1.86. The van der Waals surface area contributed by atoms with Crippen LogP contribution in [0, 0.1) is 0 Å². The highest BCUT2D eigenvalue weighted by Crippen LogP contribution is 3.02. The van der Waals surface area contributed by atoms with E-state index >= 15 is 0 Å². The molecule has 1 aromatic carbocycles. The highest BCUT2D eigenvalue weighted by molar-refractivity contribution is 8.45. The van der Waals surface area contributed by atoms with Crippen molar-refractivity contribution in [3.05, 3.63) is 24.3 Å². The largest absolute Gasteiger partial charge is 0.375 e. The molecule has 1 amide bonds. The van der Waals surface area contributed by atoms with Crippen LogP contribution >= 0.6 is 10.2 Å². The second-order valence-electron chi connectivity index (χ2n) is 3.47. The molecule has 0 aromatic heterocycles. The zero-order chi connectivity index (χ0) is 14.1. The first-order valence-corrected chi connectivity index (χ1v) is 6.50. The molecule has 1 aromatic rings. The van der Waals surface area contributed by atoms with Crippen molar-refractivity contribution < 1.29 is 29.0 Å². The fourth-order valence-electron chi connectivity index (χ4n) is 1.12. The normalized spacial score (nSPS) is 15.7. The van der Waals surface area contributed by atoms with Crippen LogP contribution in [0.15, 0.2) is 29.2 Å². The molecular formula is C9H10F5NO2S. The zero-order valence-corrected chi connectivity index (χ0v) is 9.95. The molecule has 0 radical (unpaired) electrons. The van der Waals surface area contributed by atoms with E-state index in [0.29, 0.717) is 0 Å². The summed E-state index contributed by atoms with van der Waals surface area (Å²) < 4.78 is 66.3. The second kappa shape index (κ2) is 3.82. The predicted molar refractivity (Wildman–Crippen MR) is 58.3 cm³/mol. The van der Waals surface area contributed by atoms with Gasteiger partial charge in [0.15, 0.2) is 0 Å². The summed E-state index contributed by atoms with van der Waals surface area (Å²) in [6.07, 6.45) is 0. The Kier molecular flexibility index (Phi) is 3.12. The molecule has 0 aliphatic carbocycles. The summed E-state index contributed by atoms with van der Waals surface area (Å²) in [5.74, 6) is -0.599. The highest BCUT2D eigenvalue weighted by Gasteiger charge is 2.65. The predicted octanol–water partition coefficient (Wildman–Crippen LogP) is 3.93. The summed E-state index contributed by atoms with van der Waals surface area (Å²) >= 11 is 0. The van der Waals surface area contributed by atoms with Crippen LogP contribution in [0.3, 0.4) is 0 Å². The minimum atomic E-state index is -9.65. The van der Waals surface area contributed by atoms with Gasteiger partial charge in [-0.1, -0.05) is 19.4 Å². The quantitative estimate of drug-likeness (QED) is 0.854. The highest BCUT2D eigenvalue weighted by atomic mass is 32.5. The van der Waals surface area contributed by atoms with Crippen molar-refractivity contribution in [3.8, 4) is 0 Å². The summed E-state index contributed by atoms with van der Waals surface area (Å²) in [6, 6.07) is 1.95. The molecule has 0 bridgehead atoms. The molecule has 0 unspecified atom stereocenters. The van der Waals surface area contributed by atoms with E-state index in [9.17, 15) is 24.2 Å². The van der Waals surface area contributed by atoms with Gasteiger partial charge in [0.1, 0.15) is 11.5 Å². The molecule has 3 nitrogen and oxygen atoms in total. The van der Waals surface area contributed by atoms with Crippen molar-refractivity contribution in [2.45, 2.75) is 4.90 Å². The number of benzene rings is 1. The van der Waals surface area contributed by atoms with E-state index in [1.807, 2.05) is 0 Å². The number of nitrogens with one attached hydrogen (secondary N) is 1. The van der Waals surface area contributed by atoms with Crippen LogP contribution in [0.1, 0.15) is 0 Å². The summed E-state index contributed by atoms with van der Waals surface area (Å²) in [6.45, 7) is -0.288. The second-order valence-corrected chi connectivity index (χ2v) is 5.88. The fourth-order valence-corrected chi connectivity index (χ4v) is 1.77. The molecule has 18 heavy (non-hydrogen) atoms. The maximum Gasteiger partial charge on any atom is 0.310 e. The van der Waals surface area contributed by atoms with Crippen molar-refractivity contribution in [1.82, 2.24) is 0 Å². The molecular weight excluding hydrogens is 281 g/mol. The van der Waals surface area contributed by atoms with Gasteiger partial charge in [0.05, 0.1) is 0 Å². The van der Waals surface area contributed by atoms with E-state index in [-0.39, 0.29) is 24.4 Å². The summed E-state index contributed by atoms with van der Waals surface area (Å²) in [5.41, 5.74) is -0.0253. The molecule has 0 aliphatic heterocycles. The molecule has 0 aliphatic rings. The number of rotatable bonds is 4. The Morgan fingerprint density at radius 2 is 1.67 bits per heavy atom. The van der Waals surface area contributed by atoms with Crippen LogP contribution in [0.25, 0.3) is 0 Å². The van der Waals surface area contributed by atoms with Crippen LogP contribution in [0.2, 0.25) is 0 Å². The van der Waals surface area contributed by atoms with Gasteiger partial charge in [-0.25, -0.2) is 0 Å². The Hall–Kier alpha value is -1.35. The molecule has 0 fully saturated rings. The Bertz CT molecular complexity index is 455. The maximum atomic E-state index is 12.4. The lowest BCUT2D eigenvalue weighted by atomic mass is 10.3. The van der Waals surface area contributed by atoms with Crippen molar-refractivity contribution in [2.75, 3.05) is 19.0 Å². The Morgan fingerprint density at radius 1 is 1.17 bits per heavy atom. The molecule has 1 rings (SSSR count). The Balaban J connectivity index is 2.92. The molecule has 9 heteroatoms. The van der Waals surface area contributed by atoms with Crippen LogP contribution < -0.4 is 5.32 Å². The van der Waals surface area contributed by atoms with Crippen molar-refractivity contribution in [1.29, 1.82) is 0 Å². The third-order valence-corrected chi connectivity index (χ3v) is 3.02. The average Bonchev–Trinajstić information content (AvgIpc) is 2.15. The number of methoxy groups -OCH3 is 1. The van der Waals surface area contributed by atoms with Gasteiger partial charge in [0, 0.05) is 12.8 Å². The SMILES string of the molecule is COCC(=O)Nc1ccc(S(F)(F)(F)(F)F)cc1. The van der Waals surface area contributed by atoms with Gasteiger partial charge in [-0.2, -0.15) is 0 Å². The van der Waals surface area contributed by atoms with Crippen LogP contribution in [-0.2, 0) is 9.53 Å². The van der Waals surface area contributed by atoms with Gasteiger partial charge >= 0.3 is 10.2 Å². The molecule has 0 spiro atoms. The van der Waals surface area contributed by atoms with E-state index in [1.54, 1.807) is 0 Å². The van der Waals surface area contributed by atoms with Gasteiger partial charge in [0.2, 0.25) is 5.91 Å². The lowest BCUT2D eigenvalue weighted by molar-refractivity contribution is -0.119. The van der Waals surface area contributed by atoms with Crippen molar-refractivity contribution in [3.63, 3.8) is 0 Å². The van der Waals surface area contributed by atoms with Gasteiger partial charge in [-0.05, 0) is 24.3 Å². The minimum Gasteiger partial charge on any atom is -0.375 e. The third kappa shape index (κ3) is 4.15. The van der Waals surface area contributed by atoms with Crippen LogP contribution in [0.4, 0.5) is 25.1 Å². The summed E-state index contributed by atoms with van der Waals surface area (Å²) in [4.78, 5) is 9.02.